The van der Waals surface area contributed by atoms with Crippen molar-refractivity contribution in [3.8, 4) is 11.1 Å². The van der Waals surface area contributed by atoms with Gasteiger partial charge in [0.1, 0.15) is 0 Å². The molecule has 4 rings (SSSR count). The Labute approximate surface area is 158 Å². The highest BCUT2D eigenvalue weighted by Crippen LogP contribution is 2.48. The number of hydrogen-bond acceptors (Lipinski definition) is 0. The molecule has 134 valence electrons. The van der Waals surface area contributed by atoms with Gasteiger partial charge < -0.3 is 0 Å². The van der Waals surface area contributed by atoms with Crippen LogP contribution in [0.5, 0.6) is 0 Å². The molecule has 0 aromatic heterocycles. The molecule has 0 heterocycles. The fourth-order valence-corrected chi connectivity index (χ4v) is 4.82. The Hall–Kier alpha value is -2.08. The molecular formula is C26H30. The minimum atomic E-state index is 0.0380. The van der Waals surface area contributed by atoms with Crippen molar-refractivity contribution in [2.75, 3.05) is 0 Å². The molecule has 1 atom stereocenters. The molecule has 0 saturated heterocycles. The molecule has 0 radical (unpaired) electrons. The molecule has 0 amide bonds. The van der Waals surface area contributed by atoms with Gasteiger partial charge in [-0.3, -0.25) is 0 Å². The highest BCUT2D eigenvalue weighted by atomic mass is 14.4. The third kappa shape index (κ3) is 2.58. The van der Waals surface area contributed by atoms with Crippen molar-refractivity contribution >= 4 is 0 Å². The first-order valence-electron chi connectivity index (χ1n) is 9.84. The maximum Gasteiger partial charge on any atom is 0.0117 e. The van der Waals surface area contributed by atoms with Crippen LogP contribution in [0.3, 0.4) is 0 Å². The Morgan fingerprint density at radius 2 is 1.54 bits per heavy atom. The van der Waals surface area contributed by atoms with Crippen LogP contribution < -0.4 is 0 Å². The Kier molecular flexibility index (Phi) is 3.81. The first kappa shape index (κ1) is 17.3. The lowest BCUT2D eigenvalue weighted by atomic mass is 9.71. The SMILES string of the molecule is CC1C=C(C(C)(C)C)C=C1C(C)(C)c1cccc2c1Cc1ccccc1-2. The summed E-state index contributed by atoms with van der Waals surface area (Å²) in [4.78, 5) is 0. The van der Waals surface area contributed by atoms with Crippen LogP contribution in [0, 0.1) is 11.3 Å². The van der Waals surface area contributed by atoms with Gasteiger partial charge in [-0.15, -0.1) is 0 Å². The Morgan fingerprint density at radius 3 is 2.23 bits per heavy atom. The maximum atomic E-state index is 2.48. The summed E-state index contributed by atoms with van der Waals surface area (Å²) in [5.41, 5.74) is 10.6. The van der Waals surface area contributed by atoms with Crippen LogP contribution in [0.2, 0.25) is 0 Å². The summed E-state index contributed by atoms with van der Waals surface area (Å²) < 4.78 is 0. The van der Waals surface area contributed by atoms with Gasteiger partial charge >= 0.3 is 0 Å². The van der Waals surface area contributed by atoms with Crippen LogP contribution in [-0.2, 0) is 11.8 Å². The van der Waals surface area contributed by atoms with Gasteiger partial charge in [0, 0.05) is 5.41 Å². The minimum Gasteiger partial charge on any atom is -0.0738 e. The van der Waals surface area contributed by atoms with E-state index in [4.69, 9.17) is 0 Å². The van der Waals surface area contributed by atoms with Crippen molar-refractivity contribution in [2.24, 2.45) is 11.3 Å². The largest absolute Gasteiger partial charge is 0.0738 e. The quantitative estimate of drug-likeness (QED) is 0.466. The lowest BCUT2D eigenvalue weighted by molar-refractivity contribution is 0.516. The van der Waals surface area contributed by atoms with Gasteiger partial charge in [-0.2, -0.15) is 0 Å². The average Bonchev–Trinajstić information content (AvgIpc) is 3.15. The molecule has 0 fully saturated rings. The molecule has 0 aliphatic heterocycles. The van der Waals surface area contributed by atoms with Gasteiger partial charge in [0.2, 0.25) is 0 Å². The second-order valence-corrected chi connectivity index (χ2v) is 9.55. The summed E-state index contributed by atoms with van der Waals surface area (Å²) in [7, 11) is 0. The molecule has 0 bridgehead atoms. The van der Waals surface area contributed by atoms with E-state index in [1.165, 1.54) is 33.4 Å². The lowest BCUT2D eigenvalue weighted by Gasteiger charge is -2.32. The second kappa shape index (κ2) is 5.71. The van der Waals surface area contributed by atoms with E-state index in [2.05, 4.69) is 96.2 Å². The highest BCUT2D eigenvalue weighted by molar-refractivity contribution is 5.78. The third-order valence-corrected chi connectivity index (χ3v) is 6.34. The molecule has 2 aliphatic carbocycles. The summed E-state index contributed by atoms with van der Waals surface area (Å²) in [5.74, 6) is 0.499. The highest BCUT2D eigenvalue weighted by Gasteiger charge is 2.36. The molecule has 0 saturated carbocycles. The zero-order valence-electron chi connectivity index (χ0n) is 17.0. The van der Waals surface area contributed by atoms with Gasteiger partial charge in [0.25, 0.3) is 0 Å². The molecule has 2 aliphatic rings. The molecule has 2 aromatic rings. The van der Waals surface area contributed by atoms with E-state index in [1.807, 2.05) is 0 Å². The number of allylic oxidation sites excluding steroid dienone is 4. The first-order chi connectivity index (χ1) is 12.2. The van der Waals surface area contributed by atoms with Gasteiger partial charge in [-0.05, 0) is 51.1 Å². The monoisotopic (exact) mass is 342 g/mol. The second-order valence-electron chi connectivity index (χ2n) is 9.55. The van der Waals surface area contributed by atoms with Gasteiger partial charge in [-0.1, -0.05) is 102 Å². The van der Waals surface area contributed by atoms with Crippen molar-refractivity contribution in [2.45, 2.75) is 53.4 Å². The van der Waals surface area contributed by atoms with E-state index in [1.54, 1.807) is 5.57 Å². The zero-order valence-corrected chi connectivity index (χ0v) is 17.0. The minimum absolute atomic E-state index is 0.0380. The van der Waals surface area contributed by atoms with Crippen LogP contribution in [0.1, 0.15) is 58.2 Å². The van der Waals surface area contributed by atoms with Gasteiger partial charge in [-0.25, -0.2) is 0 Å². The van der Waals surface area contributed by atoms with Gasteiger partial charge in [0.15, 0.2) is 0 Å². The van der Waals surface area contributed by atoms with Crippen molar-refractivity contribution in [1.29, 1.82) is 0 Å². The lowest BCUT2D eigenvalue weighted by Crippen LogP contribution is -2.24. The average molecular weight is 343 g/mol. The number of hydrogen-bond donors (Lipinski definition) is 0. The molecule has 0 heteroatoms. The number of benzene rings is 2. The standard InChI is InChI=1S/C26H30/c1-17-14-19(25(2,3)4)16-24(17)26(5,6)23-13-9-12-21-20-11-8-7-10-18(20)15-22(21)23/h7-14,16-17H,15H2,1-6H3. The van der Waals surface area contributed by atoms with E-state index < -0.39 is 0 Å². The van der Waals surface area contributed by atoms with Gasteiger partial charge in [0.05, 0.1) is 0 Å². The Balaban J connectivity index is 1.80. The number of fused-ring (bicyclic) bond motifs is 3. The molecule has 0 N–H and O–H groups in total. The fraction of sp³-hybridized carbons (Fsp3) is 0.385. The van der Waals surface area contributed by atoms with Crippen LogP contribution in [0.15, 0.2) is 65.8 Å². The molecule has 2 aromatic carbocycles. The zero-order chi connectivity index (χ0) is 18.7. The van der Waals surface area contributed by atoms with Crippen LogP contribution in [-0.4, -0.2) is 0 Å². The number of rotatable bonds is 2. The summed E-state index contributed by atoms with van der Waals surface area (Å²) in [6.45, 7) is 14.1. The molecule has 0 spiro atoms. The third-order valence-electron chi connectivity index (χ3n) is 6.34. The van der Waals surface area contributed by atoms with E-state index in [0.29, 0.717) is 5.92 Å². The summed E-state index contributed by atoms with van der Waals surface area (Å²) in [5, 5.41) is 0. The molecule has 26 heavy (non-hydrogen) atoms. The predicted molar refractivity (Wildman–Crippen MR) is 112 cm³/mol. The summed E-state index contributed by atoms with van der Waals surface area (Å²) in [6, 6.07) is 15.8. The fourth-order valence-electron chi connectivity index (χ4n) is 4.82. The smallest absolute Gasteiger partial charge is 0.0117 e. The normalized spacial score (nSPS) is 19.1. The molecule has 1 unspecified atom stereocenters. The molecule has 0 nitrogen and oxygen atoms in total. The topological polar surface area (TPSA) is 0 Å². The van der Waals surface area contributed by atoms with Crippen molar-refractivity contribution < 1.29 is 0 Å². The van der Waals surface area contributed by atoms with Crippen LogP contribution >= 0.6 is 0 Å². The van der Waals surface area contributed by atoms with Crippen LogP contribution in [0.25, 0.3) is 11.1 Å². The van der Waals surface area contributed by atoms with Crippen molar-refractivity contribution in [3.63, 3.8) is 0 Å². The van der Waals surface area contributed by atoms with Crippen molar-refractivity contribution in [3.05, 3.63) is 82.5 Å². The predicted octanol–water partition coefficient (Wildman–Crippen LogP) is 7.08. The maximum absolute atomic E-state index is 2.48. The Morgan fingerprint density at radius 1 is 0.846 bits per heavy atom. The van der Waals surface area contributed by atoms with E-state index >= 15 is 0 Å². The Bertz CT molecular complexity index is 929. The van der Waals surface area contributed by atoms with Crippen LogP contribution in [0.4, 0.5) is 0 Å². The summed E-state index contributed by atoms with van der Waals surface area (Å²) in [6.07, 6.45) is 6.01. The first-order valence-corrected chi connectivity index (χ1v) is 9.84. The van der Waals surface area contributed by atoms with E-state index in [9.17, 15) is 0 Å². The van der Waals surface area contributed by atoms with E-state index in [-0.39, 0.29) is 10.8 Å². The summed E-state index contributed by atoms with van der Waals surface area (Å²) >= 11 is 0. The van der Waals surface area contributed by atoms with Crippen molar-refractivity contribution in [1.82, 2.24) is 0 Å². The van der Waals surface area contributed by atoms with E-state index in [0.717, 1.165) is 6.42 Å². The molecular weight excluding hydrogens is 312 g/mol.